The van der Waals surface area contributed by atoms with Crippen molar-refractivity contribution in [2.24, 2.45) is 0 Å². The summed E-state index contributed by atoms with van der Waals surface area (Å²) >= 11 is 0. The number of H-pyrrole nitrogens is 1. The van der Waals surface area contributed by atoms with Crippen LogP contribution in [0.2, 0.25) is 0 Å². The number of nitrogens with one attached hydrogen (secondary N) is 2. The molecule has 0 aliphatic heterocycles. The number of aromatic amines is 1. The number of ether oxygens (including phenoxy) is 1. The van der Waals surface area contributed by atoms with E-state index in [9.17, 15) is 9.59 Å². The number of imidazole rings is 1. The Labute approximate surface area is 159 Å². The Bertz CT molecular complexity index is 1070. The van der Waals surface area contributed by atoms with Crippen LogP contribution in [0.15, 0.2) is 67.0 Å². The van der Waals surface area contributed by atoms with Crippen LogP contribution in [0.5, 0.6) is 5.88 Å². The van der Waals surface area contributed by atoms with Crippen molar-refractivity contribution >= 4 is 41.0 Å². The highest BCUT2D eigenvalue weighted by atomic mass is 16.6. The summed E-state index contributed by atoms with van der Waals surface area (Å²) in [6, 6.07) is 18.2. The van der Waals surface area contributed by atoms with E-state index in [1.165, 1.54) is 11.2 Å². The second kappa shape index (κ2) is 7.54. The standard InChI is InChI=1S/C19H14N6O3/c26-12-22-18-23-16-15(20-11-21-16)17(24-18)28-19(27)25(13-7-3-1-4-8-13)14-9-5-2-6-10-14/h1-12H,(H2,20,21,22,23,24,26). The third-order valence-electron chi connectivity index (χ3n) is 3.84. The molecule has 4 aromatic rings. The predicted molar refractivity (Wildman–Crippen MR) is 102 cm³/mol. The van der Waals surface area contributed by atoms with Gasteiger partial charge in [0.25, 0.3) is 5.88 Å². The lowest BCUT2D eigenvalue weighted by Gasteiger charge is -2.22. The summed E-state index contributed by atoms with van der Waals surface area (Å²) in [5.74, 6) is -0.0721. The van der Waals surface area contributed by atoms with Crippen molar-refractivity contribution in [2.45, 2.75) is 0 Å². The number of benzene rings is 2. The van der Waals surface area contributed by atoms with E-state index < -0.39 is 6.09 Å². The second-order valence-electron chi connectivity index (χ2n) is 5.59. The number of carbonyl (C=O) groups is 2. The predicted octanol–water partition coefficient (Wildman–Crippen LogP) is 3.26. The first kappa shape index (κ1) is 17.2. The number of para-hydroxylation sites is 2. The molecule has 4 rings (SSSR count). The van der Waals surface area contributed by atoms with Gasteiger partial charge >= 0.3 is 6.09 Å². The van der Waals surface area contributed by atoms with Crippen molar-refractivity contribution in [3.8, 4) is 5.88 Å². The molecule has 0 atom stereocenters. The summed E-state index contributed by atoms with van der Waals surface area (Å²) in [7, 11) is 0. The normalized spacial score (nSPS) is 10.4. The Hall–Kier alpha value is -4.27. The highest BCUT2D eigenvalue weighted by Gasteiger charge is 2.23. The summed E-state index contributed by atoms with van der Waals surface area (Å²) in [5, 5.41) is 2.33. The van der Waals surface area contributed by atoms with Crippen molar-refractivity contribution in [2.75, 3.05) is 10.2 Å². The molecule has 2 aromatic carbocycles. The molecule has 0 spiro atoms. The zero-order valence-electron chi connectivity index (χ0n) is 14.4. The molecule has 0 radical (unpaired) electrons. The number of aromatic nitrogens is 4. The van der Waals surface area contributed by atoms with Crippen LogP contribution in [-0.2, 0) is 4.79 Å². The number of nitrogens with zero attached hydrogens (tertiary/aromatic N) is 4. The van der Waals surface area contributed by atoms with Crippen LogP contribution in [0, 0.1) is 0 Å². The lowest BCUT2D eigenvalue weighted by Crippen LogP contribution is -2.29. The fourth-order valence-electron chi connectivity index (χ4n) is 2.64. The van der Waals surface area contributed by atoms with E-state index in [1.807, 2.05) is 36.4 Å². The van der Waals surface area contributed by atoms with Crippen LogP contribution < -0.4 is 15.0 Å². The van der Waals surface area contributed by atoms with E-state index >= 15 is 0 Å². The van der Waals surface area contributed by atoms with Gasteiger partial charge in [0, 0.05) is 0 Å². The summed E-state index contributed by atoms with van der Waals surface area (Å²) in [6.45, 7) is 0. The molecule has 0 aliphatic carbocycles. The second-order valence-corrected chi connectivity index (χ2v) is 5.59. The van der Waals surface area contributed by atoms with Crippen LogP contribution in [0.3, 0.4) is 0 Å². The van der Waals surface area contributed by atoms with Crippen molar-refractivity contribution in [3.63, 3.8) is 0 Å². The Morgan fingerprint density at radius 2 is 1.64 bits per heavy atom. The van der Waals surface area contributed by atoms with Crippen LogP contribution in [0.25, 0.3) is 11.2 Å². The van der Waals surface area contributed by atoms with Gasteiger partial charge in [-0.1, -0.05) is 36.4 Å². The van der Waals surface area contributed by atoms with Gasteiger partial charge < -0.3 is 9.72 Å². The Balaban J connectivity index is 1.74. The van der Waals surface area contributed by atoms with Crippen molar-refractivity contribution < 1.29 is 14.3 Å². The van der Waals surface area contributed by atoms with E-state index in [4.69, 9.17) is 4.74 Å². The highest BCUT2D eigenvalue weighted by molar-refractivity contribution is 5.98. The van der Waals surface area contributed by atoms with E-state index in [0.717, 1.165) is 0 Å². The molecule has 2 N–H and O–H groups in total. The number of hydrogen-bond donors (Lipinski definition) is 2. The van der Waals surface area contributed by atoms with Gasteiger partial charge in [0.2, 0.25) is 12.4 Å². The molecule has 0 aliphatic rings. The molecule has 0 unspecified atom stereocenters. The molecule has 0 saturated carbocycles. The molecule has 28 heavy (non-hydrogen) atoms. The Kier molecular flexibility index (Phi) is 4.62. The van der Waals surface area contributed by atoms with Gasteiger partial charge in [-0.05, 0) is 24.3 Å². The lowest BCUT2D eigenvalue weighted by molar-refractivity contribution is -0.105. The first-order valence-electron chi connectivity index (χ1n) is 8.29. The first-order valence-corrected chi connectivity index (χ1v) is 8.29. The number of hydrogen-bond acceptors (Lipinski definition) is 6. The lowest BCUT2D eigenvalue weighted by atomic mass is 10.2. The fourth-order valence-corrected chi connectivity index (χ4v) is 2.64. The molecule has 2 aromatic heterocycles. The van der Waals surface area contributed by atoms with Crippen LogP contribution >= 0.6 is 0 Å². The summed E-state index contributed by atoms with van der Waals surface area (Å²) < 4.78 is 5.55. The van der Waals surface area contributed by atoms with Crippen molar-refractivity contribution in [1.29, 1.82) is 0 Å². The molecule has 2 heterocycles. The molecule has 0 bridgehead atoms. The summed E-state index contributed by atoms with van der Waals surface area (Å²) in [6.07, 6.45) is 1.15. The van der Waals surface area contributed by atoms with Gasteiger partial charge in [0.05, 0.1) is 17.7 Å². The first-order chi connectivity index (χ1) is 13.8. The number of carbonyl (C=O) groups excluding carboxylic acids is 2. The van der Waals surface area contributed by atoms with E-state index in [1.54, 1.807) is 24.3 Å². The number of anilines is 3. The number of fused-ring (bicyclic) bond motifs is 1. The molecular weight excluding hydrogens is 360 g/mol. The SMILES string of the molecule is O=CNc1nc(OC(=O)N(c2ccccc2)c2ccccc2)c2[nH]cnc2n1. The third kappa shape index (κ3) is 3.36. The Morgan fingerprint density at radius 1 is 1.00 bits per heavy atom. The number of amides is 2. The molecule has 9 nitrogen and oxygen atoms in total. The molecular formula is C19H14N6O3. The maximum absolute atomic E-state index is 13.1. The molecule has 9 heteroatoms. The maximum Gasteiger partial charge on any atom is 0.425 e. The van der Waals surface area contributed by atoms with Gasteiger partial charge in [-0.2, -0.15) is 9.97 Å². The zero-order valence-corrected chi connectivity index (χ0v) is 14.4. The summed E-state index contributed by atoms with van der Waals surface area (Å²) in [4.78, 5) is 40.2. The van der Waals surface area contributed by atoms with Gasteiger partial charge in [-0.25, -0.2) is 14.7 Å². The zero-order chi connectivity index (χ0) is 19.3. The quantitative estimate of drug-likeness (QED) is 0.519. The monoisotopic (exact) mass is 374 g/mol. The summed E-state index contributed by atoms with van der Waals surface area (Å²) in [5.41, 5.74) is 1.85. The van der Waals surface area contributed by atoms with Crippen LogP contribution in [-0.4, -0.2) is 32.4 Å². The van der Waals surface area contributed by atoms with E-state index in [2.05, 4.69) is 25.3 Å². The van der Waals surface area contributed by atoms with Crippen molar-refractivity contribution in [3.05, 3.63) is 67.0 Å². The topological polar surface area (TPSA) is 113 Å². The third-order valence-corrected chi connectivity index (χ3v) is 3.84. The minimum atomic E-state index is -0.677. The van der Waals surface area contributed by atoms with Crippen molar-refractivity contribution in [1.82, 2.24) is 19.9 Å². The van der Waals surface area contributed by atoms with Crippen LogP contribution in [0.1, 0.15) is 0 Å². The van der Waals surface area contributed by atoms with Crippen LogP contribution in [0.4, 0.5) is 22.1 Å². The molecule has 0 fully saturated rings. The van der Waals surface area contributed by atoms with Gasteiger partial charge in [-0.3, -0.25) is 10.1 Å². The Morgan fingerprint density at radius 3 is 2.25 bits per heavy atom. The van der Waals surface area contributed by atoms with E-state index in [-0.39, 0.29) is 17.5 Å². The minimum absolute atomic E-state index is 0.0247. The fraction of sp³-hybridized carbons (Fsp3) is 0. The molecule has 2 amide bonds. The van der Waals surface area contributed by atoms with Gasteiger partial charge in [0.15, 0.2) is 5.65 Å². The van der Waals surface area contributed by atoms with Gasteiger partial charge in [0.1, 0.15) is 5.52 Å². The molecule has 138 valence electrons. The minimum Gasteiger partial charge on any atom is -0.388 e. The smallest absolute Gasteiger partial charge is 0.388 e. The van der Waals surface area contributed by atoms with Gasteiger partial charge in [-0.15, -0.1) is 0 Å². The largest absolute Gasteiger partial charge is 0.425 e. The highest BCUT2D eigenvalue weighted by Crippen LogP contribution is 2.28. The maximum atomic E-state index is 13.1. The average Bonchev–Trinajstić information content (AvgIpc) is 3.19. The number of rotatable bonds is 5. The average molecular weight is 374 g/mol. The molecule has 0 saturated heterocycles. The van der Waals surface area contributed by atoms with E-state index in [0.29, 0.717) is 23.3 Å².